The number of nitrogens with zero attached hydrogens (tertiary/aromatic N) is 1. The number of rotatable bonds is 4. The van der Waals surface area contributed by atoms with Crippen LogP contribution in [0.3, 0.4) is 0 Å². The Morgan fingerprint density at radius 1 is 1.40 bits per heavy atom. The lowest BCUT2D eigenvalue weighted by atomic mass is 9.96. The highest BCUT2D eigenvalue weighted by Crippen LogP contribution is 2.23. The van der Waals surface area contributed by atoms with E-state index in [0.29, 0.717) is 5.92 Å². The van der Waals surface area contributed by atoms with Crippen molar-refractivity contribution in [3.05, 3.63) is 29.3 Å². The third kappa shape index (κ3) is 3.55. The molecule has 0 atom stereocenters. The minimum atomic E-state index is 0.196. The van der Waals surface area contributed by atoms with Gasteiger partial charge in [0.05, 0.1) is 0 Å². The molecule has 0 spiro atoms. The van der Waals surface area contributed by atoms with Crippen molar-refractivity contribution in [3.63, 3.8) is 0 Å². The second-order valence-corrected chi connectivity index (χ2v) is 6.35. The molecule has 20 heavy (non-hydrogen) atoms. The van der Waals surface area contributed by atoms with Gasteiger partial charge in [-0.2, -0.15) is 0 Å². The first-order chi connectivity index (χ1) is 9.65. The van der Waals surface area contributed by atoms with Crippen molar-refractivity contribution in [3.8, 4) is 0 Å². The van der Waals surface area contributed by atoms with Crippen LogP contribution in [-0.4, -0.2) is 43.7 Å². The quantitative estimate of drug-likeness (QED) is 0.866. The molecule has 2 rings (SSSR count). The number of benzene rings is 1. The highest BCUT2D eigenvalue weighted by molar-refractivity contribution is 7.98. The monoisotopic (exact) mass is 292 g/mol. The Morgan fingerprint density at radius 3 is 2.70 bits per heavy atom. The number of likely N-dealkylation sites (tertiary alicyclic amines) is 1. The Morgan fingerprint density at radius 2 is 2.10 bits per heavy atom. The van der Waals surface area contributed by atoms with Gasteiger partial charge in [-0.15, -0.1) is 11.8 Å². The molecule has 1 aliphatic heterocycles. The highest BCUT2D eigenvalue weighted by Gasteiger charge is 2.24. The summed E-state index contributed by atoms with van der Waals surface area (Å²) in [6, 6.07) is 6.16. The van der Waals surface area contributed by atoms with E-state index in [2.05, 4.69) is 11.4 Å². The summed E-state index contributed by atoms with van der Waals surface area (Å²) in [4.78, 5) is 15.8. The lowest BCUT2D eigenvalue weighted by Crippen LogP contribution is -2.40. The number of aryl methyl sites for hydroxylation is 1. The van der Waals surface area contributed by atoms with Crippen molar-refractivity contribution >= 4 is 17.7 Å². The van der Waals surface area contributed by atoms with E-state index in [1.165, 1.54) is 0 Å². The van der Waals surface area contributed by atoms with E-state index in [4.69, 9.17) is 0 Å². The largest absolute Gasteiger partial charge is 0.339 e. The van der Waals surface area contributed by atoms with Crippen molar-refractivity contribution in [2.75, 3.05) is 32.9 Å². The van der Waals surface area contributed by atoms with Gasteiger partial charge in [-0.25, -0.2) is 0 Å². The predicted octanol–water partition coefficient (Wildman–Crippen LogP) is 2.79. The summed E-state index contributed by atoms with van der Waals surface area (Å²) in [6.07, 6.45) is 4.25. The maximum absolute atomic E-state index is 12.7. The lowest BCUT2D eigenvalue weighted by molar-refractivity contribution is 0.0690. The van der Waals surface area contributed by atoms with E-state index in [1.807, 2.05) is 37.3 Å². The van der Waals surface area contributed by atoms with Crippen LogP contribution in [0.15, 0.2) is 23.1 Å². The van der Waals surface area contributed by atoms with Crippen LogP contribution < -0.4 is 5.32 Å². The molecule has 1 aliphatic rings. The molecular formula is C16H24N2OS. The molecule has 3 nitrogen and oxygen atoms in total. The summed E-state index contributed by atoms with van der Waals surface area (Å²) in [5.41, 5.74) is 1.94. The van der Waals surface area contributed by atoms with Gasteiger partial charge in [-0.05, 0) is 63.2 Å². The molecule has 0 aromatic heterocycles. The average molecular weight is 292 g/mol. The molecule has 0 radical (unpaired) electrons. The van der Waals surface area contributed by atoms with E-state index in [9.17, 15) is 4.79 Å². The Balaban J connectivity index is 2.05. The molecule has 4 heteroatoms. The number of carbonyl (C=O) groups excluding carboxylic acids is 1. The smallest absolute Gasteiger partial charge is 0.254 e. The van der Waals surface area contributed by atoms with Crippen LogP contribution in [0, 0.1) is 12.8 Å². The van der Waals surface area contributed by atoms with Crippen LogP contribution in [0.2, 0.25) is 0 Å². The normalized spacial score (nSPS) is 16.4. The molecule has 1 aromatic carbocycles. The first-order valence-corrected chi connectivity index (χ1v) is 8.46. The van der Waals surface area contributed by atoms with E-state index in [0.717, 1.165) is 48.5 Å². The standard InChI is InChI=1S/C16H24N2OS/c1-12-4-5-14(20-3)10-15(12)16(19)18-8-6-13(7-9-18)11-17-2/h4-5,10,13,17H,6-9,11H2,1-3H3. The Labute approximate surface area is 126 Å². The van der Waals surface area contributed by atoms with Gasteiger partial charge in [0.25, 0.3) is 5.91 Å². The fraction of sp³-hybridized carbons (Fsp3) is 0.562. The van der Waals surface area contributed by atoms with Crippen molar-refractivity contribution < 1.29 is 4.79 Å². The van der Waals surface area contributed by atoms with Gasteiger partial charge in [0.1, 0.15) is 0 Å². The number of amides is 1. The number of hydrogen-bond acceptors (Lipinski definition) is 3. The van der Waals surface area contributed by atoms with Gasteiger partial charge in [0.2, 0.25) is 0 Å². The van der Waals surface area contributed by atoms with Crippen molar-refractivity contribution in [2.45, 2.75) is 24.7 Å². The Bertz CT molecular complexity index is 468. The van der Waals surface area contributed by atoms with Crippen LogP contribution in [-0.2, 0) is 0 Å². The fourth-order valence-corrected chi connectivity index (χ4v) is 3.20. The Hall–Kier alpha value is -1.00. The topological polar surface area (TPSA) is 32.3 Å². The van der Waals surface area contributed by atoms with Gasteiger partial charge in [0, 0.05) is 23.5 Å². The molecule has 1 saturated heterocycles. The van der Waals surface area contributed by atoms with Crippen molar-refractivity contribution in [1.29, 1.82) is 0 Å². The average Bonchev–Trinajstić information content (AvgIpc) is 2.48. The minimum Gasteiger partial charge on any atom is -0.339 e. The van der Waals surface area contributed by atoms with Gasteiger partial charge in [0.15, 0.2) is 0 Å². The number of piperidine rings is 1. The zero-order valence-electron chi connectivity index (χ0n) is 12.6. The maximum Gasteiger partial charge on any atom is 0.254 e. The zero-order chi connectivity index (χ0) is 14.5. The fourth-order valence-electron chi connectivity index (χ4n) is 2.76. The first-order valence-electron chi connectivity index (χ1n) is 7.24. The summed E-state index contributed by atoms with van der Waals surface area (Å²) in [5.74, 6) is 0.906. The van der Waals surface area contributed by atoms with Crippen LogP contribution in [0.4, 0.5) is 0 Å². The minimum absolute atomic E-state index is 0.196. The van der Waals surface area contributed by atoms with Gasteiger partial charge in [-0.3, -0.25) is 4.79 Å². The number of nitrogens with one attached hydrogen (secondary N) is 1. The molecule has 1 heterocycles. The molecule has 0 unspecified atom stereocenters. The number of carbonyl (C=O) groups is 1. The number of hydrogen-bond donors (Lipinski definition) is 1. The van der Waals surface area contributed by atoms with Crippen LogP contribution in [0.25, 0.3) is 0 Å². The molecule has 1 aromatic rings. The molecule has 1 amide bonds. The summed E-state index contributed by atoms with van der Waals surface area (Å²) in [5, 5.41) is 3.23. The SMILES string of the molecule is CNCC1CCN(C(=O)c2cc(SC)ccc2C)CC1. The summed E-state index contributed by atoms with van der Waals surface area (Å²) in [6.45, 7) is 4.84. The highest BCUT2D eigenvalue weighted by atomic mass is 32.2. The van der Waals surface area contributed by atoms with Gasteiger partial charge >= 0.3 is 0 Å². The van der Waals surface area contributed by atoms with Crippen molar-refractivity contribution in [2.24, 2.45) is 5.92 Å². The van der Waals surface area contributed by atoms with Crippen LogP contribution in [0.5, 0.6) is 0 Å². The van der Waals surface area contributed by atoms with E-state index < -0.39 is 0 Å². The molecule has 1 N–H and O–H groups in total. The summed E-state index contributed by atoms with van der Waals surface area (Å²) < 4.78 is 0. The Kier molecular flexibility index (Phi) is 5.49. The van der Waals surface area contributed by atoms with Crippen LogP contribution >= 0.6 is 11.8 Å². The van der Waals surface area contributed by atoms with Crippen LogP contribution in [0.1, 0.15) is 28.8 Å². The van der Waals surface area contributed by atoms with E-state index in [-0.39, 0.29) is 5.91 Å². The van der Waals surface area contributed by atoms with E-state index in [1.54, 1.807) is 11.8 Å². The summed E-state index contributed by atoms with van der Waals surface area (Å²) in [7, 11) is 1.99. The molecule has 0 saturated carbocycles. The summed E-state index contributed by atoms with van der Waals surface area (Å²) >= 11 is 1.68. The second kappa shape index (κ2) is 7.14. The molecule has 110 valence electrons. The molecular weight excluding hydrogens is 268 g/mol. The van der Waals surface area contributed by atoms with Gasteiger partial charge < -0.3 is 10.2 Å². The lowest BCUT2D eigenvalue weighted by Gasteiger charge is -2.32. The zero-order valence-corrected chi connectivity index (χ0v) is 13.4. The third-order valence-electron chi connectivity index (χ3n) is 4.07. The third-order valence-corrected chi connectivity index (χ3v) is 4.80. The number of thioether (sulfide) groups is 1. The molecule has 1 fully saturated rings. The van der Waals surface area contributed by atoms with Gasteiger partial charge in [-0.1, -0.05) is 6.07 Å². The predicted molar refractivity (Wildman–Crippen MR) is 85.5 cm³/mol. The molecule has 0 bridgehead atoms. The van der Waals surface area contributed by atoms with E-state index >= 15 is 0 Å². The molecule has 0 aliphatic carbocycles. The second-order valence-electron chi connectivity index (χ2n) is 5.47. The first kappa shape index (κ1) is 15.4. The van der Waals surface area contributed by atoms with Crippen molar-refractivity contribution in [1.82, 2.24) is 10.2 Å². The maximum atomic E-state index is 12.7.